The van der Waals surface area contributed by atoms with Crippen molar-refractivity contribution < 1.29 is 4.79 Å². The summed E-state index contributed by atoms with van der Waals surface area (Å²) in [6.45, 7) is 6.35. The van der Waals surface area contributed by atoms with Crippen molar-refractivity contribution in [3.05, 3.63) is 0 Å². The first-order chi connectivity index (χ1) is 6.95. The molecule has 2 heteroatoms. The van der Waals surface area contributed by atoms with Crippen molar-refractivity contribution in [1.82, 2.24) is 5.32 Å². The van der Waals surface area contributed by atoms with Crippen LogP contribution in [0.25, 0.3) is 0 Å². The summed E-state index contributed by atoms with van der Waals surface area (Å²) in [5, 5.41) is 3.30. The van der Waals surface area contributed by atoms with Gasteiger partial charge in [0.05, 0.1) is 0 Å². The number of hydrogen-bond donors (Lipinski definition) is 1. The maximum absolute atomic E-state index is 11.8. The molecule has 0 spiro atoms. The second-order valence-electron chi connectivity index (χ2n) is 6.23. The molecule has 3 aliphatic carbocycles. The summed E-state index contributed by atoms with van der Waals surface area (Å²) in [5.74, 6) is 0.357. The normalized spacial score (nSPS) is 39.5. The molecule has 1 N–H and O–H groups in total. The highest BCUT2D eigenvalue weighted by Crippen LogP contribution is 2.51. The molecular formula is C13H23NO. The Morgan fingerprint density at radius 3 is 1.93 bits per heavy atom. The lowest BCUT2D eigenvalue weighted by Crippen LogP contribution is -2.56. The second kappa shape index (κ2) is 3.50. The monoisotopic (exact) mass is 209 g/mol. The minimum absolute atomic E-state index is 0.120. The number of hydrogen-bond acceptors (Lipinski definition) is 1. The van der Waals surface area contributed by atoms with Crippen LogP contribution >= 0.6 is 0 Å². The van der Waals surface area contributed by atoms with Crippen LogP contribution in [0.3, 0.4) is 0 Å². The summed E-state index contributed by atoms with van der Waals surface area (Å²) >= 11 is 0. The molecule has 0 saturated heterocycles. The number of carbonyl (C=O) groups excluding carboxylic acids is 1. The molecule has 3 aliphatic rings. The Morgan fingerprint density at radius 1 is 1.07 bits per heavy atom. The Labute approximate surface area is 92.8 Å². The van der Waals surface area contributed by atoms with Crippen LogP contribution in [0.15, 0.2) is 0 Å². The number of carbonyl (C=O) groups is 1. The third-order valence-electron chi connectivity index (χ3n) is 4.53. The number of nitrogens with one attached hydrogen (secondary N) is 1. The summed E-state index contributed by atoms with van der Waals surface area (Å²) in [4.78, 5) is 11.8. The summed E-state index contributed by atoms with van der Waals surface area (Å²) in [7, 11) is 0. The van der Waals surface area contributed by atoms with Gasteiger partial charge in [0, 0.05) is 11.5 Å². The number of rotatable bonds is 2. The van der Waals surface area contributed by atoms with Crippen molar-refractivity contribution in [2.75, 3.05) is 0 Å². The van der Waals surface area contributed by atoms with E-state index in [1.165, 1.54) is 38.5 Å². The van der Waals surface area contributed by atoms with Gasteiger partial charge in [0.25, 0.3) is 0 Å². The highest BCUT2D eigenvalue weighted by Gasteiger charge is 2.46. The maximum Gasteiger partial charge on any atom is 0.222 e. The third-order valence-corrected chi connectivity index (χ3v) is 4.53. The summed E-state index contributed by atoms with van der Waals surface area (Å²) < 4.78 is 0. The van der Waals surface area contributed by atoms with Crippen molar-refractivity contribution >= 4 is 5.91 Å². The SMILES string of the molecule is CC(C)C(=O)NC12CCC(C)(CC1)CC2. The van der Waals surface area contributed by atoms with E-state index in [4.69, 9.17) is 0 Å². The molecule has 0 aliphatic heterocycles. The second-order valence-corrected chi connectivity index (χ2v) is 6.23. The molecule has 0 aromatic carbocycles. The fourth-order valence-electron chi connectivity index (χ4n) is 2.97. The largest absolute Gasteiger partial charge is 0.350 e. The van der Waals surface area contributed by atoms with Gasteiger partial charge in [0.2, 0.25) is 5.91 Å². The average molecular weight is 209 g/mol. The Morgan fingerprint density at radius 2 is 1.53 bits per heavy atom. The smallest absolute Gasteiger partial charge is 0.222 e. The van der Waals surface area contributed by atoms with E-state index in [0.717, 1.165) is 0 Å². The predicted molar refractivity (Wildman–Crippen MR) is 61.5 cm³/mol. The van der Waals surface area contributed by atoms with Gasteiger partial charge in [0.1, 0.15) is 0 Å². The quantitative estimate of drug-likeness (QED) is 0.744. The molecule has 1 amide bonds. The molecule has 0 unspecified atom stereocenters. The lowest BCUT2D eigenvalue weighted by molar-refractivity contribution is -0.128. The van der Waals surface area contributed by atoms with Crippen molar-refractivity contribution in [3.8, 4) is 0 Å². The first kappa shape index (κ1) is 11.0. The van der Waals surface area contributed by atoms with E-state index in [1.807, 2.05) is 13.8 Å². The topological polar surface area (TPSA) is 29.1 Å². The van der Waals surface area contributed by atoms with E-state index in [1.54, 1.807) is 0 Å². The van der Waals surface area contributed by atoms with E-state index in [2.05, 4.69) is 12.2 Å². The lowest BCUT2D eigenvalue weighted by Gasteiger charge is -2.52. The molecule has 2 bridgehead atoms. The molecular weight excluding hydrogens is 186 g/mol. The first-order valence-electron chi connectivity index (χ1n) is 6.27. The minimum atomic E-state index is 0.120. The van der Waals surface area contributed by atoms with Crippen LogP contribution in [-0.2, 0) is 4.79 Å². The van der Waals surface area contributed by atoms with E-state index in [-0.39, 0.29) is 17.4 Å². The van der Waals surface area contributed by atoms with Crippen LogP contribution in [-0.4, -0.2) is 11.4 Å². The zero-order valence-corrected chi connectivity index (χ0v) is 10.2. The molecule has 0 aromatic heterocycles. The Bertz CT molecular complexity index is 245. The number of fused-ring (bicyclic) bond motifs is 3. The van der Waals surface area contributed by atoms with Crippen molar-refractivity contribution in [2.24, 2.45) is 11.3 Å². The zero-order chi connectivity index (χ0) is 11.1. The average Bonchev–Trinajstić information content (AvgIpc) is 2.20. The summed E-state index contributed by atoms with van der Waals surface area (Å²) in [6.07, 6.45) is 7.48. The van der Waals surface area contributed by atoms with Crippen LogP contribution in [0.1, 0.15) is 59.3 Å². The van der Waals surface area contributed by atoms with Gasteiger partial charge in [-0.25, -0.2) is 0 Å². The third kappa shape index (κ3) is 2.04. The van der Waals surface area contributed by atoms with E-state index in [9.17, 15) is 4.79 Å². The van der Waals surface area contributed by atoms with Crippen LogP contribution < -0.4 is 5.32 Å². The van der Waals surface area contributed by atoms with Gasteiger partial charge in [0.15, 0.2) is 0 Å². The summed E-state index contributed by atoms with van der Waals surface area (Å²) in [5.41, 5.74) is 0.753. The lowest BCUT2D eigenvalue weighted by atomic mass is 9.58. The van der Waals surface area contributed by atoms with Crippen molar-refractivity contribution in [3.63, 3.8) is 0 Å². The first-order valence-corrected chi connectivity index (χ1v) is 6.27. The molecule has 0 radical (unpaired) electrons. The minimum Gasteiger partial charge on any atom is -0.350 e. The Balaban J connectivity index is 2.01. The van der Waals surface area contributed by atoms with Crippen LogP contribution in [0, 0.1) is 11.3 Å². The van der Waals surface area contributed by atoms with E-state index in [0.29, 0.717) is 5.41 Å². The molecule has 3 fully saturated rings. The van der Waals surface area contributed by atoms with E-state index < -0.39 is 0 Å². The Hall–Kier alpha value is -0.530. The molecule has 3 saturated carbocycles. The molecule has 15 heavy (non-hydrogen) atoms. The molecule has 0 aromatic rings. The van der Waals surface area contributed by atoms with Gasteiger partial charge < -0.3 is 5.32 Å². The fourth-order valence-corrected chi connectivity index (χ4v) is 2.97. The van der Waals surface area contributed by atoms with Gasteiger partial charge in [-0.2, -0.15) is 0 Å². The van der Waals surface area contributed by atoms with Gasteiger partial charge in [-0.1, -0.05) is 20.8 Å². The van der Waals surface area contributed by atoms with Crippen LogP contribution in [0.5, 0.6) is 0 Å². The Kier molecular flexibility index (Phi) is 2.56. The molecule has 86 valence electrons. The van der Waals surface area contributed by atoms with Crippen molar-refractivity contribution in [2.45, 2.75) is 64.8 Å². The van der Waals surface area contributed by atoms with Gasteiger partial charge in [-0.05, 0) is 43.9 Å². The fraction of sp³-hybridized carbons (Fsp3) is 0.923. The molecule has 3 rings (SSSR count). The summed E-state index contributed by atoms with van der Waals surface area (Å²) in [6, 6.07) is 0. The molecule has 2 nitrogen and oxygen atoms in total. The molecule has 0 atom stereocenters. The predicted octanol–water partition coefficient (Wildman–Crippen LogP) is 2.87. The van der Waals surface area contributed by atoms with E-state index >= 15 is 0 Å². The van der Waals surface area contributed by atoms with Gasteiger partial charge >= 0.3 is 0 Å². The van der Waals surface area contributed by atoms with Gasteiger partial charge in [-0.15, -0.1) is 0 Å². The maximum atomic E-state index is 11.8. The van der Waals surface area contributed by atoms with Crippen LogP contribution in [0.2, 0.25) is 0 Å². The number of amides is 1. The van der Waals surface area contributed by atoms with Gasteiger partial charge in [-0.3, -0.25) is 4.79 Å². The van der Waals surface area contributed by atoms with Crippen molar-refractivity contribution in [1.29, 1.82) is 0 Å². The van der Waals surface area contributed by atoms with Crippen LogP contribution in [0.4, 0.5) is 0 Å². The zero-order valence-electron chi connectivity index (χ0n) is 10.2. The highest BCUT2D eigenvalue weighted by atomic mass is 16.2. The standard InChI is InChI=1S/C13H23NO/c1-10(2)11(15)14-13-7-4-12(3,5-8-13)6-9-13/h10H,4-9H2,1-3H3,(H,14,15). The highest BCUT2D eigenvalue weighted by molar-refractivity contribution is 5.78. The molecule has 0 heterocycles.